The van der Waals surface area contributed by atoms with Gasteiger partial charge in [-0.15, -0.1) is 0 Å². The Morgan fingerprint density at radius 1 is 0.871 bits per heavy atom. The number of nitrogens with two attached hydrogens (primary N) is 1. The molecule has 0 saturated carbocycles. The Labute approximate surface area is 186 Å². The van der Waals surface area contributed by atoms with Crippen molar-refractivity contribution in [2.24, 2.45) is 4.99 Å². The van der Waals surface area contributed by atoms with Gasteiger partial charge in [-0.25, -0.2) is 0 Å². The molecular formula is C27H34N3O+. The number of quaternary nitrogens is 1. The normalized spacial score (nSPS) is 14.0. The number of allylic oxidation sites excluding steroid dienone is 5. The second kappa shape index (κ2) is 10.9. The first-order valence-corrected chi connectivity index (χ1v) is 11.2. The Balaban J connectivity index is 2.04. The predicted molar refractivity (Wildman–Crippen MR) is 132 cm³/mol. The Morgan fingerprint density at radius 2 is 1.42 bits per heavy atom. The van der Waals surface area contributed by atoms with Crippen molar-refractivity contribution in [2.75, 3.05) is 24.5 Å². The number of aliphatic hydroxyl groups excluding tert-OH is 1. The summed E-state index contributed by atoms with van der Waals surface area (Å²) >= 11 is 0. The third-order valence-corrected chi connectivity index (χ3v) is 5.41. The number of hydrogen-bond donors (Lipinski definition) is 2. The van der Waals surface area contributed by atoms with Crippen molar-refractivity contribution in [3.8, 4) is 0 Å². The fourth-order valence-electron chi connectivity index (χ4n) is 3.88. The smallest absolute Gasteiger partial charge is 0.189 e. The summed E-state index contributed by atoms with van der Waals surface area (Å²) in [5.41, 5.74) is 7.96. The van der Waals surface area contributed by atoms with E-state index in [4.69, 9.17) is 0 Å². The summed E-state index contributed by atoms with van der Waals surface area (Å²) in [6.07, 6.45) is 8.00. The molecule has 0 aliphatic heterocycles. The van der Waals surface area contributed by atoms with E-state index in [2.05, 4.69) is 103 Å². The van der Waals surface area contributed by atoms with Crippen LogP contribution in [0.4, 0.5) is 11.4 Å². The second-order valence-corrected chi connectivity index (χ2v) is 7.64. The number of rotatable bonds is 8. The molecule has 0 heterocycles. The molecule has 4 heteroatoms. The van der Waals surface area contributed by atoms with E-state index in [9.17, 15) is 5.11 Å². The lowest BCUT2D eigenvalue weighted by atomic mass is 9.90. The van der Waals surface area contributed by atoms with Crippen molar-refractivity contribution in [1.82, 2.24) is 0 Å². The lowest BCUT2D eigenvalue weighted by molar-refractivity contribution is -0.648. The summed E-state index contributed by atoms with van der Waals surface area (Å²) in [6, 6.07) is 17.2. The molecule has 0 saturated heterocycles. The summed E-state index contributed by atoms with van der Waals surface area (Å²) in [5.74, 6) is 0. The van der Waals surface area contributed by atoms with E-state index in [1.165, 1.54) is 16.8 Å². The first-order valence-electron chi connectivity index (χ1n) is 11.2. The van der Waals surface area contributed by atoms with Gasteiger partial charge in [0.25, 0.3) is 0 Å². The molecule has 0 spiro atoms. The molecular weight excluding hydrogens is 382 g/mol. The number of benzene rings is 2. The number of nitrogens with zero attached hydrogens (tertiary/aromatic N) is 2. The van der Waals surface area contributed by atoms with E-state index >= 15 is 0 Å². The predicted octanol–water partition coefficient (Wildman–Crippen LogP) is 4.45. The van der Waals surface area contributed by atoms with Gasteiger partial charge in [0, 0.05) is 32.2 Å². The van der Waals surface area contributed by atoms with Crippen LogP contribution in [0.15, 0.2) is 83.4 Å². The number of anilines is 1. The lowest BCUT2D eigenvalue weighted by Crippen LogP contribution is -2.83. The van der Waals surface area contributed by atoms with E-state index in [0.29, 0.717) is 0 Å². The van der Waals surface area contributed by atoms with Crippen LogP contribution >= 0.6 is 0 Å². The fraction of sp³-hybridized carbons (Fsp3) is 0.296. The molecule has 162 valence electrons. The third-order valence-electron chi connectivity index (χ3n) is 5.41. The summed E-state index contributed by atoms with van der Waals surface area (Å²) in [7, 11) is 0. The molecule has 0 fully saturated rings. The minimum atomic E-state index is -0.461. The van der Waals surface area contributed by atoms with Crippen molar-refractivity contribution in [1.29, 1.82) is 0 Å². The molecule has 1 atom stereocenters. The van der Waals surface area contributed by atoms with E-state index in [0.717, 1.165) is 42.2 Å². The van der Waals surface area contributed by atoms with Gasteiger partial charge in [-0.05, 0) is 91.6 Å². The highest BCUT2D eigenvalue weighted by Gasteiger charge is 2.13. The molecule has 2 aromatic rings. The van der Waals surface area contributed by atoms with Crippen LogP contribution in [-0.2, 0) is 0 Å². The van der Waals surface area contributed by atoms with Gasteiger partial charge in [0.05, 0.1) is 5.71 Å². The standard InChI is InChI=1S/C27H33N3O/c1-5-28-24-14-8-21(9-15-24)27(22-10-16-25(17-11-22)29-20(4)31)23-12-18-26(19-13-23)30(6-2)7-3/h8-20,29,31H,5-7H2,1-4H3/p+1. The van der Waals surface area contributed by atoms with Crippen LogP contribution in [0.1, 0.15) is 38.8 Å². The van der Waals surface area contributed by atoms with Crippen LogP contribution in [-0.4, -0.2) is 36.7 Å². The summed E-state index contributed by atoms with van der Waals surface area (Å²) in [5, 5.41) is 11.5. The molecule has 3 N–H and O–H groups in total. The fourth-order valence-corrected chi connectivity index (χ4v) is 3.88. The maximum Gasteiger partial charge on any atom is 0.189 e. The Bertz CT molecular complexity index is 958. The van der Waals surface area contributed by atoms with Gasteiger partial charge in [-0.2, -0.15) is 0 Å². The summed E-state index contributed by atoms with van der Waals surface area (Å²) < 4.78 is 0. The van der Waals surface area contributed by atoms with E-state index in [-0.39, 0.29) is 0 Å². The molecule has 1 aliphatic carbocycles. The third kappa shape index (κ3) is 5.81. The number of hydrogen-bond acceptors (Lipinski definition) is 3. The van der Waals surface area contributed by atoms with Gasteiger partial charge < -0.3 is 10.0 Å². The van der Waals surface area contributed by atoms with Crippen LogP contribution in [0.5, 0.6) is 0 Å². The molecule has 4 nitrogen and oxygen atoms in total. The number of aliphatic hydroxyl groups is 1. The van der Waals surface area contributed by atoms with Crippen molar-refractivity contribution >= 4 is 22.7 Å². The van der Waals surface area contributed by atoms with Crippen LogP contribution in [0.25, 0.3) is 5.57 Å². The topological polar surface area (TPSA) is 52.4 Å². The molecule has 0 radical (unpaired) electrons. The molecule has 1 aliphatic rings. The van der Waals surface area contributed by atoms with Gasteiger partial charge >= 0.3 is 0 Å². The van der Waals surface area contributed by atoms with Crippen LogP contribution in [0.2, 0.25) is 0 Å². The average Bonchev–Trinajstić information content (AvgIpc) is 2.78. The molecule has 0 aromatic heterocycles. The first kappa shape index (κ1) is 22.7. The zero-order valence-electron chi connectivity index (χ0n) is 19.0. The largest absolute Gasteiger partial charge is 0.372 e. The molecule has 31 heavy (non-hydrogen) atoms. The first-order chi connectivity index (χ1) is 15.0. The summed E-state index contributed by atoms with van der Waals surface area (Å²) in [4.78, 5) is 6.85. The molecule has 0 amide bonds. The van der Waals surface area contributed by atoms with Crippen molar-refractivity contribution < 1.29 is 10.4 Å². The quantitative estimate of drug-likeness (QED) is 0.493. The highest BCUT2D eigenvalue weighted by molar-refractivity contribution is 6.07. The van der Waals surface area contributed by atoms with E-state index < -0.39 is 6.23 Å². The monoisotopic (exact) mass is 416 g/mol. The number of aliphatic imine (C=N–C) groups is 1. The zero-order chi connectivity index (χ0) is 22.2. The zero-order valence-corrected chi connectivity index (χ0v) is 19.0. The van der Waals surface area contributed by atoms with E-state index in [1.807, 2.05) is 5.32 Å². The Morgan fingerprint density at radius 3 is 1.90 bits per heavy atom. The molecule has 3 rings (SSSR count). The van der Waals surface area contributed by atoms with Gasteiger partial charge in [0.15, 0.2) is 6.23 Å². The van der Waals surface area contributed by atoms with Gasteiger partial charge in [-0.1, -0.05) is 24.3 Å². The maximum absolute atomic E-state index is 9.65. The minimum absolute atomic E-state index is 0.461. The SMILES string of the molecule is CCN=C1C=CC(=C(c2ccc([NH2+]C(C)O)cc2)c2ccc(N(CC)CC)cc2)C=C1. The van der Waals surface area contributed by atoms with Crippen LogP contribution in [0, 0.1) is 0 Å². The minimum Gasteiger partial charge on any atom is -0.372 e. The molecule has 0 bridgehead atoms. The van der Waals surface area contributed by atoms with Crippen molar-refractivity contribution in [3.63, 3.8) is 0 Å². The Hall–Kier alpha value is -2.95. The highest BCUT2D eigenvalue weighted by Crippen LogP contribution is 2.31. The summed E-state index contributed by atoms with van der Waals surface area (Å²) in [6.45, 7) is 11.0. The second-order valence-electron chi connectivity index (χ2n) is 7.64. The van der Waals surface area contributed by atoms with E-state index in [1.54, 1.807) is 6.92 Å². The Kier molecular flexibility index (Phi) is 7.99. The van der Waals surface area contributed by atoms with Crippen molar-refractivity contribution in [2.45, 2.75) is 33.9 Å². The average molecular weight is 417 g/mol. The van der Waals surface area contributed by atoms with Gasteiger partial charge in [0.1, 0.15) is 5.69 Å². The highest BCUT2D eigenvalue weighted by atomic mass is 16.3. The van der Waals surface area contributed by atoms with Crippen LogP contribution < -0.4 is 10.2 Å². The van der Waals surface area contributed by atoms with Crippen LogP contribution in [0.3, 0.4) is 0 Å². The maximum atomic E-state index is 9.65. The van der Waals surface area contributed by atoms with Crippen molar-refractivity contribution in [3.05, 3.63) is 89.5 Å². The molecule has 1 unspecified atom stereocenters. The lowest BCUT2D eigenvalue weighted by Gasteiger charge is -2.22. The molecule has 2 aromatic carbocycles. The van der Waals surface area contributed by atoms with Gasteiger partial charge in [-0.3, -0.25) is 10.3 Å². The van der Waals surface area contributed by atoms with Gasteiger partial charge in [0.2, 0.25) is 0 Å².